The molecule has 1 aromatic heterocycles. The Kier molecular flexibility index (Phi) is 8.73. The molecule has 1 atom stereocenters. The van der Waals surface area contributed by atoms with Crippen molar-refractivity contribution in [2.24, 2.45) is 0 Å². The van der Waals surface area contributed by atoms with Crippen LogP contribution in [0.3, 0.4) is 0 Å². The molecule has 4 rings (SSSR count). The molecule has 2 aromatic carbocycles. The molecule has 0 unspecified atom stereocenters. The van der Waals surface area contributed by atoms with Crippen molar-refractivity contribution in [1.29, 1.82) is 0 Å². The van der Waals surface area contributed by atoms with Crippen LogP contribution in [0.1, 0.15) is 40.0 Å². The highest BCUT2D eigenvalue weighted by molar-refractivity contribution is 7.90. The van der Waals surface area contributed by atoms with E-state index in [0.717, 1.165) is 18.4 Å². The van der Waals surface area contributed by atoms with Gasteiger partial charge in [-0.3, -0.25) is 4.79 Å². The first-order chi connectivity index (χ1) is 17.8. The van der Waals surface area contributed by atoms with Crippen molar-refractivity contribution in [2.45, 2.75) is 49.9 Å². The summed E-state index contributed by atoms with van der Waals surface area (Å²) in [6.45, 7) is 3.51. The summed E-state index contributed by atoms with van der Waals surface area (Å²) in [6.07, 6.45) is 2.99. The average molecular weight is 530 g/mol. The van der Waals surface area contributed by atoms with Crippen molar-refractivity contribution in [3.63, 3.8) is 0 Å². The fraction of sp³-hybridized carbons (Fsp3) is 0.407. The number of aromatic nitrogens is 2. The first-order valence-corrected chi connectivity index (χ1v) is 13.9. The van der Waals surface area contributed by atoms with Gasteiger partial charge in [-0.25, -0.2) is 17.8 Å². The van der Waals surface area contributed by atoms with Crippen molar-refractivity contribution < 1.29 is 27.1 Å². The average Bonchev–Trinajstić information content (AvgIpc) is 3.54. The third-order valence-corrected chi connectivity index (χ3v) is 8.05. The van der Waals surface area contributed by atoms with Crippen molar-refractivity contribution in [3.05, 3.63) is 82.9 Å². The summed E-state index contributed by atoms with van der Waals surface area (Å²) < 4.78 is 53.8. The van der Waals surface area contributed by atoms with Crippen LogP contribution in [0, 0.1) is 12.7 Å². The SMILES string of the molecule is COCCN(Cc1cnc(S(=O)(=O)Cc2ccccc2F)n1C[C@@H]1CCCO1)C(=O)c1ccccc1C. The number of sulfone groups is 1. The number of carbonyl (C=O) groups excluding carboxylic acids is 1. The van der Waals surface area contributed by atoms with E-state index in [2.05, 4.69) is 4.98 Å². The van der Waals surface area contributed by atoms with Gasteiger partial charge in [0.15, 0.2) is 0 Å². The minimum atomic E-state index is -3.99. The molecule has 1 amide bonds. The number of ether oxygens (including phenoxy) is 2. The molecule has 0 radical (unpaired) electrons. The van der Waals surface area contributed by atoms with Gasteiger partial charge in [-0.1, -0.05) is 36.4 Å². The van der Waals surface area contributed by atoms with E-state index in [1.54, 1.807) is 28.7 Å². The minimum Gasteiger partial charge on any atom is -0.383 e. The zero-order chi connectivity index (χ0) is 26.4. The second-order valence-electron chi connectivity index (χ2n) is 9.16. The van der Waals surface area contributed by atoms with E-state index in [9.17, 15) is 17.6 Å². The number of imidazole rings is 1. The summed E-state index contributed by atoms with van der Waals surface area (Å²) in [5.41, 5.74) is 2.04. The first-order valence-electron chi connectivity index (χ1n) is 12.3. The molecule has 3 aromatic rings. The Balaban J connectivity index is 1.69. The zero-order valence-corrected chi connectivity index (χ0v) is 21.9. The molecule has 0 spiro atoms. The number of halogens is 1. The number of rotatable bonds is 11. The number of hydrogen-bond donors (Lipinski definition) is 0. The van der Waals surface area contributed by atoms with Gasteiger partial charge < -0.3 is 18.9 Å². The van der Waals surface area contributed by atoms with Crippen LogP contribution < -0.4 is 0 Å². The van der Waals surface area contributed by atoms with E-state index >= 15 is 0 Å². The summed E-state index contributed by atoms with van der Waals surface area (Å²) in [5, 5.41) is -0.156. The number of aryl methyl sites for hydroxylation is 1. The smallest absolute Gasteiger partial charge is 0.254 e. The van der Waals surface area contributed by atoms with Gasteiger partial charge in [-0.05, 0) is 37.5 Å². The number of benzene rings is 2. The Bertz CT molecular complexity index is 1340. The molecule has 1 saturated heterocycles. The number of amides is 1. The van der Waals surface area contributed by atoms with Crippen LogP contribution in [0.4, 0.5) is 4.39 Å². The zero-order valence-electron chi connectivity index (χ0n) is 21.1. The normalized spacial score (nSPS) is 15.7. The lowest BCUT2D eigenvalue weighted by atomic mass is 10.1. The highest BCUT2D eigenvalue weighted by Gasteiger charge is 2.29. The fourth-order valence-electron chi connectivity index (χ4n) is 4.47. The maximum Gasteiger partial charge on any atom is 0.254 e. The van der Waals surface area contributed by atoms with Crippen LogP contribution in [0.15, 0.2) is 59.9 Å². The third-order valence-electron chi connectivity index (χ3n) is 6.47. The van der Waals surface area contributed by atoms with Crippen molar-refractivity contribution >= 4 is 15.7 Å². The summed E-state index contributed by atoms with van der Waals surface area (Å²) in [5.74, 6) is -1.29. The lowest BCUT2D eigenvalue weighted by Gasteiger charge is -2.25. The second-order valence-corrected chi connectivity index (χ2v) is 11.0. The monoisotopic (exact) mass is 529 g/mol. The molecule has 1 aliphatic rings. The van der Waals surface area contributed by atoms with E-state index < -0.39 is 21.4 Å². The summed E-state index contributed by atoms with van der Waals surface area (Å²) in [6, 6.07) is 13.1. The van der Waals surface area contributed by atoms with Crippen LogP contribution in [0.25, 0.3) is 0 Å². The highest BCUT2D eigenvalue weighted by atomic mass is 32.2. The van der Waals surface area contributed by atoms with Crippen LogP contribution in [-0.4, -0.2) is 61.7 Å². The Morgan fingerprint density at radius 2 is 1.97 bits per heavy atom. The molecule has 8 nitrogen and oxygen atoms in total. The van der Waals surface area contributed by atoms with Crippen LogP contribution in [-0.2, 0) is 38.2 Å². The van der Waals surface area contributed by atoms with Gasteiger partial charge in [0, 0.05) is 31.4 Å². The van der Waals surface area contributed by atoms with Crippen molar-refractivity contribution in [3.8, 4) is 0 Å². The number of hydrogen-bond acceptors (Lipinski definition) is 6. The Labute approximate surface area is 216 Å². The topological polar surface area (TPSA) is 90.7 Å². The first kappa shape index (κ1) is 27.0. The van der Waals surface area contributed by atoms with Crippen molar-refractivity contribution in [2.75, 3.05) is 26.9 Å². The predicted molar refractivity (Wildman–Crippen MR) is 136 cm³/mol. The minimum absolute atomic E-state index is 0.0761. The highest BCUT2D eigenvalue weighted by Crippen LogP contribution is 2.24. The summed E-state index contributed by atoms with van der Waals surface area (Å²) in [4.78, 5) is 19.4. The van der Waals surface area contributed by atoms with E-state index in [1.807, 2.05) is 25.1 Å². The van der Waals surface area contributed by atoms with E-state index in [4.69, 9.17) is 9.47 Å². The van der Waals surface area contributed by atoms with Crippen LogP contribution >= 0.6 is 0 Å². The maximum absolute atomic E-state index is 14.3. The van der Waals surface area contributed by atoms with Crippen LogP contribution in [0.5, 0.6) is 0 Å². The van der Waals surface area contributed by atoms with Gasteiger partial charge in [0.25, 0.3) is 5.91 Å². The van der Waals surface area contributed by atoms with Crippen LogP contribution in [0.2, 0.25) is 0 Å². The van der Waals surface area contributed by atoms with E-state index in [0.29, 0.717) is 31.0 Å². The molecule has 198 valence electrons. The van der Waals surface area contributed by atoms with Gasteiger partial charge in [-0.2, -0.15) is 0 Å². The number of nitrogens with zero attached hydrogens (tertiary/aromatic N) is 3. The van der Waals surface area contributed by atoms with Gasteiger partial charge in [0.2, 0.25) is 15.0 Å². The fourth-order valence-corrected chi connectivity index (χ4v) is 5.98. The summed E-state index contributed by atoms with van der Waals surface area (Å²) >= 11 is 0. The molecule has 0 N–H and O–H groups in total. The largest absolute Gasteiger partial charge is 0.383 e. The van der Waals surface area contributed by atoms with Gasteiger partial charge in [-0.15, -0.1) is 0 Å². The quantitative estimate of drug-likeness (QED) is 0.376. The molecular formula is C27H32FN3O5S. The molecule has 37 heavy (non-hydrogen) atoms. The maximum atomic E-state index is 14.3. The molecule has 0 saturated carbocycles. The van der Waals surface area contributed by atoms with E-state index in [1.165, 1.54) is 24.4 Å². The molecular weight excluding hydrogens is 497 g/mol. The molecule has 1 aliphatic heterocycles. The lowest BCUT2D eigenvalue weighted by Crippen LogP contribution is -2.35. The Hall–Kier alpha value is -3.08. The Morgan fingerprint density at radius 3 is 2.68 bits per heavy atom. The molecule has 2 heterocycles. The lowest BCUT2D eigenvalue weighted by molar-refractivity contribution is 0.0668. The molecule has 10 heteroatoms. The standard InChI is InChI=1S/C27H32FN3O5S/c1-20-8-3-5-11-24(20)26(32)30(13-15-35-2)17-22-16-29-27(31(22)18-23-10-7-14-36-23)37(33,34)19-21-9-4-6-12-25(21)28/h3-6,8-9,11-12,16,23H,7,10,13-15,17-19H2,1-2H3/t23-/m0/s1. The third kappa shape index (κ3) is 6.44. The van der Waals surface area contributed by atoms with E-state index in [-0.39, 0.29) is 35.8 Å². The van der Waals surface area contributed by atoms with Gasteiger partial charge >= 0.3 is 0 Å². The van der Waals surface area contributed by atoms with Crippen molar-refractivity contribution in [1.82, 2.24) is 14.5 Å². The van der Waals surface area contributed by atoms with Gasteiger partial charge in [0.05, 0.1) is 43.4 Å². The second kappa shape index (κ2) is 12.0. The molecule has 1 fully saturated rings. The van der Waals surface area contributed by atoms with Gasteiger partial charge in [0.1, 0.15) is 5.82 Å². The number of carbonyl (C=O) groups is 1. The molecule has 0 aliphatic carbocycles. The number of methoxy groups -OCH3 is 1. The Morgan fingerprint density at radius 1 is 1.22 bits per heavy atom. The predicted octanol–water partition coefficient (Wildman–Crippen LogP) is 3.77. The summed E-state index contributed by atoms with van der Waals surface area (Å²) in [7, 11) is -2.43. The molecule has 0 bridgehead atoms.